The van der Waals surface area contributed by atoms with Gasteiger partial charge in [-0.15, -0.1) is 0 Å². The summed E-state index contributed by atoms with van der Waals surface area (Å²) in [4.78, 5) is 66.2. The Hall–Kier alpha value is -3.56. The molecule has 2 aliphatic heterocycles. The van der Waals surface area contributed by atoms with Crippen molar-refractivity contribution in [1.82, 2.24) is 29.7 Å². The van der Waals surface area contributed by atoms with E-state index in [-0.39, 0.29) is 42.3 Å². The van der Waals surface area contributed by atoms with Gasteiger partial charge in [0.25, 0.3) is 23.6 Å². The average molecular weight is 338 g/mol. The Labute approximate surface area is 140 Å². The molecule has 0 saturated carbocycles. The van der Waals surface area contributed by atoms with E-state index in [1.54, 1.807) is 0 Å². The topological polar surface area (TPSA) is 126 Å². The second kappa shape index (κ2) is 5.51. The number of carbonyl (C=O) groups is 4. The van der Waals surface area contributed by atoms with Gasteiger partial charge in [-0.2, -0.15) is 0 Å². The molecule has 4 rings (SSSR count). The number of aromatic nitrogens is 4. The van der Waals surface area contributed by atoms with Crippen molar-refractivity contribution in [1.29, 1.82) is 0 Å². The molecule has 0 fully saturated rings. The van der Waals surface area contributed by atoms with Crippen molar-refractivity contribution in [3.63, 3.8) is 0 Å². The Kier molecular flexibility index (Phi) is 3.31. The number of fused-ring (bicyclic) bond motifs is 2. The molecule has 2 aromatic rings. The number of imide groups is 2. The molecule has 10 heteroatoms. The van der Waals surface area contributed by atoms with Crippen LogP contribution >= 0.6 is 0 Å². The second-order valence-corrected chi connectivity index (χ2v) is 5.38. The quantitative estimate of drug-likeness (QED) is 0.686. The largest absolute Gasteiger partial charge is 0.281 e. The Morgan fingerprint density at radius 3 is 1.12 bits per heavy atom. The van der Waals surface area contributed by atoms with Crippen LogP contribution in [0.25, 0.3) is 0 Å². The van der Waals surface area contributed by atoms with E-state index in [0.29, 0.717) is 0 Å². The zero-order valence-electron chi connectivity index (χ0n) is 12.7. The molecule has 2 aromatic heterocycles. The minimum absolute atomic E-state index is 0.0154. The third-order valence-corrected chi connectivity index (χ3v) is 3.95. The maximum atomic E-state index is 12.2. The normalized spacial score (nSPS) is 15.8. The van der Waals surface area contributed by atoms with Crippen LogP contribution in [0.1, 0.15) is 48.4 Å². The number of amides is 4. The van der Waals surface area contributed by atoms with E-state index >= 15 is 0 Å². The summed E-state index contributed by atoms with van der Waals surface area (Å²) in [6, 6.07) is 0. The molecule has 10 nitrogen and oxygen atoms in total. The lowest BCUT2D eigenvalue weighted by Crippen LogP contribution is -2.36. The molecule has 0 bridgehead atoms. The lowest BCUT2D eigenvalue weighted by atomic mass is 10.3. The van der Waals surface area contributed by atoms with Crippen molar-refractivity contribution in [2.24, 2.45) is 0 Å². The molecule has 0 spiro atoms. The maximum absolute atomic E-state index is 12.2. The third-order valence-electron chi connectivity index (χ3n) is 3.95. The standard InChI is InChI=1S/C15H10N6O4/c22-12-8-9(17-3-2-16-8)13(23)20(12)6-1-7-21-14(24)10-11(15(21)25)19-5-4-18-10/h2-5H,1,6-7H2. The Morgan fingerprint density at radius 2 is 0.840 bits per heavy atom. The maximum Gasteiger partial charge on any atom is 0.281 e. The van der Waals surface area contributed by atoms with Crippen LogP contribution in [0.15, 0.2) is 24.8 Å². The zero-order valence-corrected chi connectivity index (χ0v) is 12.7. The van der Waals surface area contributed by atoms with Gasteiger partial charge < -0.3 is 0 Å². The van der Waals surface area contributed by atoms with E-state index in [4.69, 9.17) is 0 Å². The summed E-state index contributed by atoms with van der Waals surface area (Å²) in [5, 5.41) is 0. The summed E-state index contributed by atoms with van der Waals surface area (Å²) >= 11 is 0. The fourth-order valence-corrected chi connectivity index (χ4v) is 2.79. The molecule has 0 atom stereocenters. The van der Waals surface area contributed by atoms with Crippen molar-refractivity contribution >= 4 is 23.6 Å². The summed E-state index contributed by atoms with van der Waals surface area (Å²) in [7, 11) is 0. The fourth-order valence-electron chi connectivity index (χ4n) is 2.79. The Bertz CT molecular complexity index is 798. The van der Waals surface area contributed by atoms with Gasteiger partial charge in [0.15, 0.2) is 22.8 Å². The third kappa shape index (κ3) is 2.18. The predicted molar refractivity (Wildman–Crippen MR) is 79.4 cm³/mol. The second-order valence-electron chi connectivity index (χ2n) is 5.38. The van der Waals surface area contributed by atoms with Crippen LogP contribution in [0.2, 0.25) is 0 Å². The minimum Gasteiger partial charge on any atom is -0.271 e. The van der Waals surface area contributed by atoms with Gasteiger partial charge in [0, 0.05) is 37.9 Å². The monoisotopic (exact) mass is 338 g/mol. The summed E-state index contributed by atoms with van der Waals surface area (Å²) in [6.07, 6.45) is 5.59. The molecule has 0 aliphatic carbocycles. The molecule has 0 radical (unpaired) electrons. The summed E-state index contributed by atoms with van der Waals surface area (Å²) < 4.78 is 0. The van der Waals surface area contributed by atoms with Crippen LogP contribution in [-0.4, -0.2) is 66.5 Å². The molecule has 4 amide bonds. The molecule has 0 N–H and O–H groups in total. The average Bonchev–Trinajstić information content (AvgIpc) is 3.03. The molecule has 124 valence electrons. The number of hydrogen-bond acceptors (Lipinski definition) is 8. The van der Waals surface area contributed by atoms with Crippen LogP contribution in [0.5, 0.6) is 0 Å². The van der Waals surface area contributed by atoms with Crippen LogP contribution in [-0.2, 0) is 0 Å². The number of rotatable bonds is 4. The van der Waals surface area contributed by atoms with Crippen LogP contribution < -0.4 is 0 Å². The lowest BCUT2D eigenvalue weighted by molar-refractivity contribution is 0.0623. The van der Waals surface area contributed by atoms with E-state index in [9.17, 15) is 19.2 Å². The van der Waals surface area contributed by atoms with Crippen molar-refractivity contribution in [2.45, 2.75) is 6.42 Å². The molecule has 25 heavy (non-hydrogen) atoms. The van der Waals surface area contributed by atoms with E-state index in [1.807, 2.05) is 0 Å². The van der Waals surface area contributed by atoms with Crippen molar-refractivity contribution < 1.29 is 19.2 Å². The summed E-state index contributed by atoms with van der Waals surface area (Å²) in [5.41, 5.74) is 0.0616. The lowest BCUT2D eigenvalue weighted by Gasteiger charge is -2.16. The molecular formula is C15H10N6O4. The summed E-state index contributed by atoms with van der Waals surface area (Å²) in [5.74, 6) is -2.12. The van der Waals surface area contributed by atoms with Crippen molar-refractivity contribution in [2.75, 3.05) is 13.1 Å². The van der Waals surface area contributed by atoms with E-state index in [0.717, 1.165) is 9.80 Å². The highest BCUT2D eigenvalue weighted by Crippen LogP contribution is 2.21. The van der Waals surface area contributed by atoms with Gasteiger partial charge in [-0.1, -0.05) is 0 Å². The highest BCUT2D eigenvalue weighted by molar-refractivity contribution is 6.20. The van der Waals surface area contributed by atoms with Crippen LogP contribution in [0.3, 0.4) is 0 Å². The first-order valence-electron chi connectivity index (χ1n) is 7.44. The van der Waals surface area contributed by atoms with Gasteiger partial charge in [0.2, 0.25) is 0 Å². The number of carbonyl (C=O) groups excluding carboxylic acids is 4. The van der Waals surface area contributed by atoms with E-state index in [2.05, 4.69) is 19.9 Å². The molecular weight excluding hydrogens is 328 g/mol. The van der Waals surface area contributed by atoms with Crippen LogP contribution in [0, 0.1) is 0 Å². The van der Waals surface area contributed by atoms with E-state index in [1.165, 1.54) is 24.8 Å². The fraction of sp³-hybridized carbons (Fsp3) is 0.200. The Balaban J connectivity index is 1.43. The first-order valence-corrected chi connectivity index (χ1v) is 7.44. The highest BCUT2D eigenvalue weighted by atomic mass is 16.2. The van der Waals surface area contributed by atoms with Gasteiger partial charge in [0.05, 0.1) is 0 Å². The van der Waals surface area contributed by atoms with Crippen LogP contribution in [0.4, 0.5) is 0 Å². The van der Waals surface area contributed by atoms with Gasteiger partial charge in [-0.3, -0.25) is 29.0 Å². The van der Waals surface area contributed by atoms with Gasteiger partial charge in [0.1, 0.15) is 0 Å². The molecule has 0 aromatic carbocycles. The minimum atomic E-state index is -0.529. The Morgan fingerprint density at radius 1 is 0.560 bits per heavy atom. The first kappa shape index (κ1) is 15.0. The van der Waals surface area contributed by atoms with Gasteiger partial charge >= 0.3 is 0 Å². The van der Waals surface area contributed by atoms with Crippen molar-refractivity contribution in [3.05, 3.63) is 47.6 Å². The SMILES string of the molecule is O=C1c2nccnc2C(=O)N1CCCN1C(=O)c2nccnc2C1=O. The molecule has 4 heterocycles. The highest BCUT2D eigenvalue weighted by Gasteiger charge is 2.40. The first-order chi connectivity index (χ1) is 12.1. The van der Waals surface area contributed by atoms with Gasteiger partial charge in [-0.05, 0) is 6.42 Å². The smallest absolute Gasteiger partial charge is 0.271 e. The molecule has 2 aliphatic rings. The molecule has 0 unspecified atom stereocenters. The van der Waals surface area contributed by atoms with E-state index < -0.39 is 23.6 Å². The van der Waals surface area contributed by atoms with Gasteiger partial charge in [-0.25, -0.2) is 19.9 Å². The number of nitrogens with zero attached hydrogens (tertiary/aromatic N) is 6. The predicted octanol–water partition coefficient (Wildman–Crippen LogP) is -0.451. The van der Waals surface area contributed by atoms with Crippen molar-refractivity contribution in [3.8, 4) is 0 Å². The zero-order chi connectivity index (χ0) is 17.6. The molecule has 0 saturated heterocycles. The summed E-state index contributed by atoms with van der Waals surface area (Å²) in [6.45, 7) is 0.0912. The number of hydrogen-bond donors (Lipinski definition) is 0.